The Kier molecular flexibility index (Phi) is 33.9. The molecule has 2 rings (SSSR count). The number of hydrogen-bond acceptors (Lipinski definition) is 15. The van der Waals surface area contributed by atoms with E-state index in [1.165, 1.54) is 0 Å². The summed E-state index contributed by atoms with van der Waals surface area (Å²) in [6.07, 6.45) is 1.03. The fourth-order valence-corrected chi connectivity index (χ4v) is 7.40. The zero-order chi connectivity index (χ0) is 36.4. The maximum Gasteiger partial charge on any atom is 0.331 e. The molecule has 0 radical (unpaired) electrons. The zero-order valence-electron chi connectivity index (χ0n) is 31.6. The molecule has 0 aromatic rings. The third-order valence-electron chi connectivity index (χ3n) is 6.14. The highest BCUT2D eigenvalue weighted by Crippen LogP contribution is 2.08. The molecule has 0 aliphatic carbocycles. The first-order valence-electron chi connectivity index (χ1n) is 17.6. The minimum Gasteiger partial charge on any atom is -0.394 e. The van der Waals surface area contributed by atoms with E-state index in [4.69, 9.17) is 69.6 Å². The summed E-state index contributed by atoms with van der Waals surface area (Å²) in [5.41, 5.74) is 0. The molecule has 0 spiro atoms. The lowest BCUT2D eigenvalue weighted by atomic mass is 10.5. The van der Waals surface area contributed by atoms with Crippen LogP contribution in [0.15, 0.2) is 0 Å². The Morgan fingerprint density at radius 1 is 0.449 bits per heavy atom. The van der Waals surface area contributed by atoms with Crippen LogP contribution < -0.4 is 0 Å². The lowest BCUT2D eigenvalue weighted by Gasteiger charge is -2.23. The first kappa shape index (κ1) is 49.1. The first-order valence-corrected chi connectivity index (χ1v) is 26.0. The Morgan fingerprint density at radius 3 is 1.06 bits per heavy atom. The summed E-state index contributed by atoms with van der Waals surface area (Å²) in [6, 6.07) is 0. The molecule has 0 aromatic carbocycles. The molecular weight excluding hydrogens is 697 g/mol. The van der Waals surface area contributed by atoms with Gasteiger partial charge in [0, 0.05) is 6.61 Å². The van der Waals surface area contributed by atoms with E-state index in [0.29, 0.717) is 139 Å². The molecule has 2 aliphatic heterocycles. The van der Waals surface area contributed by atoms with Gasteiger partial charge in [-0.3, -0.25) is 0 Å². The highest BCUT2D eigenvalue weighted by molar-refractivity contribution is 6.65. The monoisotopic (exact) mass is 766 g/mol. The molecule has 0 atom stereocenters. The van der Waals surface area contributed by atoms with Crippen LogP contribution in [-0.4, -0.2) is 183 Å². The van der Waals surface area contributed by atoms with Gasteiger partial charge in [0.15, 0.2) is 0 Å². The molecular formula is C31H70O15Si3. The van der Waals surface area contributed by atoms with Gasteiger partial charge in [0.25, 0.3) is 0 Å². The Bertz CT molecular complexity index is 667. The number of aliphatic hydroxyl groups is 1. The van der Waals surface area contributed by atoms with E-state index in [-0.39, 0.29) is 6.61 Å². The second-order valence-electron chi connectivity index (χ2n) is 11.9. The van der Waals surface area contributed by atoms with Crippen LogP contribution in [0.25, 0.3) is 0 Å². The Labute approximate surface area is 299 Å². The van der Waals surface area contributed by atoms with Crippen molar-refractivity contribution < 1.29 is 69.6 Å². The van der Waals surface area contributed by atoms with E-state index in [9.17, 15) is 0 Å². The first-order chi connectivity index (χ1) is 23.5. The van der Waals surface area contributed by atoms with E-state index in [1.54, 1.807) is 0 Å². The van der Waals surface area contributed by atoms with Crippen LogP contribution in [0.2, 0.25) is 39.3 Å². The van der Waals surface area contributed by atoms with Crippen molar-refractivity contribution in [2.24, 2.45) is 0 Å². The fourth-order valence-electron chi connectivity index (χ4n) is 3.70. The molecule has 15 nitrogen and oxygen atoms in total. The van der Waals surface area contributed by atoms with Crippen molar-refractivity contribution in [3.63, 3.8) is 0 Å². The third kappa shape index (κ3) is 37.6. The van der Waals surface area contributed by atoms with Crippen LogP contribution in [0.1, 0.15) is 13.3 Å². The predicted molar refractivity (Wildman–Crippen MR) is 192 cm³/mol. The maximum absolute atomic E-state index is 8.56. The molecule has 1 N–H and O–H groups in total. The van der Waals surface area contributed by atoms with Gasteiger partial charge in [-0.05, 0) is 45.7 Å². The van der Waals surface area contributed by atoms with Gasteiger partial charge in [-0.25, -0.2) is 0 Å². The summed E-state index contributed by atoms with van der Waals surface area (Å²) in [4.78, 5) is 0. The van der Waals surface area contributed by atoms with E-state index in [0.717, 1.165) is 13.0 Å². The van der Waals surface area contributed by atoms with Crippen molar-refractivity contribution in [2.75, 3.05) is 152 Å². The maximum atomic E-state index is 8.56. The van der Waals surface area contributed by atoms with Crippen LogP contribution >= 0.6 is 0 Å². The summed E-state index contributed by atoms with van der Waals surface area (Å²) in [5, 5.41) is 8.56. The van der Waals surface area contributed by atoms with Crippen molar-refractivity contribution in [1.82, 2.24) is 0 Å². The van der Waals surface area contributed by atoms with Crippen LogP contribution in [0, 0.1) is 0 Å². The molecule has 0 amide bonds. The molecule has 0 bridgehead atoms. The van der Waals surface area contributed by atoms with Crippen molar-refractivity contribution in [1.29, 1.82) is 0 Å². The van der Waals surface area contributed by atoms with E-state index >= 15 is 0 Å². The minimum absolute atomic E-state index is 0.0383. The van der Waals surface area contributed by atoms with Gasteiger partial charge in [-0.15, -0.1) is 0 Å². The van der Waals surface area contributed by atoms with Gasteiger partial charge in [0.1, 0.15) is 0 Å². The average Bonchev–Trinajstić information content (AvgIpc) is 3.10. The third-order valence-corrected chi connectivity index (χ3v) is 11.5. The minimum atomic E-state index is -2.10. The molecule has 49 heavy (non-hydrogen) atoms. The quantitative estimate of drug-likeness (QED) is 0.192. The molecule has 0 unspecified atom stereocenters. The number of hydrogen-bond donors (Lipinski definition) is 1. The number of aliphatic hydroxyl groups excluding tert-OH is 1. The molecule has 2 saturated heterocycles. The van der Waals surface area contributed by atoms with Crippen molar-refractivity contribution >= 4 is 25.7 Å². The average molecular weight is 767 g/mol. The van der Waals surface area contributed by atoms with Crippen LogP contribution in [0.4, 0.5) is 0 Å². The molecule has 0 aromatic heterocycles. The predicted octanol–water partition coefficient (Wildman–Crippen LogP) is 2.73. The number of ether oxygens (including phenoxy) is 8. The Balaban J connectivity index is 0.000000721. The normalized spacial score (nSPS) is 20.3. The van der Waals surface area contributed by atoms with Gasteiger partial charge in [-0.1, -0.05) is 6.92 Å². The SMILES string of the molecule is CCCOCCOCCO[Si](C)(C)OCCOCCO.C[Si]1(C)OCCOCCOCCO1.C[Si]1(C)OCCOCCOCCOCCO1. The van der Waals surface area contributed by atoms with Crippen molar-refractivity contribution in [3.05, 3.63) is 0 Å². The largest absolute Gasteiger partial charge is 0.394 e. The smallest absolute Gasteiger partial charge is 0.331 e. The highest BCUT2D eigenvalue weighted by Gasteiger charge is 2.25. The lowest BCUT2D eigenvalue weighted by molar-refractivity contribution is -0.00682. The summed E-state index contributed by atoms with van der Waals surface area (Å²) in [6.45, 7) is 27.2. The van der Waals surface area contributed by atoms with Crippen molar-refractivity contribution in [3.8, 4) is 0 Å². The van der Waals surface area contributed by atoms with Crippen LogP contribution in [0.5, 0.6) is 0 Å². The molecule has 0 saturated carbocycles. The topological polar surface area (TPSA) is 149 Å². The van der Waals surface area contributed by atoms with E-state index in [1.807, 2.05) is 39.3 Å². The van der Waals surface area contributed by atoms with Gasteiger partial charge in [0.2, 0.25) is 0 Å². The summed E-state index contributed by atoms with van der Waals surface area (Å²) in [5.74, 6) is 0. The fraction of sp³-hybridized carbons (Fsp3) is 1.00. The lowest BCUT2D eigenvalue weighted by Crippen LogP contribution is -2.37. The van der Waals surface area contributed by atoms with Gasteiger partial charge >= 0.3 is 25.7 Å². The number of rotatable bonds is 15. The Morgan fingerprint density at radius 2 is 0.735 bits per heavy atom. The molecule has 18 heteroatoms. The standard InChI is InChI=1S/C13H30O6Si.C10H22O5Si.C8H18O4Si/c1-4-6-15-8-9-17-11-13-19-20(2,3)18-12-10-16-7-5-14;1-16(2)14-9-7-12-5-3-11-4-6-13-8-10-15-16;1-13(2)11-7-5-9-3-4-10-6-8-12-13/h14H,4-13H2,1-3H3;3-10H2,1-2H3;3-8H2,1-2H3. The second-order valence-corrected chi connectivity index (χ2v) is 22.0. The highest BCUT2D eigenvalue weighted by atomic mass is 28.4. The van der Waals surface area contributed by atoms with Gasteiger partial charge in [0.05, 0.1) is 145 Å². The van der Waals surface area contributed by atoms with E-state index < -0.39 is 25.7 Å². The second kappa shape index (κ2) is 33.9. The van der Waals surface area contributed by atoms with Gasteiger partial charge in [-0.2, -0.15) is 0 Å². The van der Waals surface area contributed by atoms with Crippen LogP contribution in [0.3, 0.4) is 0 Å². The molecule has 2 heterocycles. The Hall–Kier alpha value is 0.0506. The molecule has 2 aliphatic rings. The zero-order valence-corrected chi connectivity index (χ0v) is 34.6. The van der Waals surface area contributed by atoms with E-state index in [2.05, 4.69) is 6.92 Å². The summed E-state index contributed by atoms with van der Waals surface area (Å²) < 4.78 is 76.3. The molecule has 2 fully saturated rings. The summed E-state index contributed by atoms with van der Waals surface area (Å²) in [7, 11) is -6.00. The van der Waals surface area contributed by atoms with Crippen LogP contribution in [-0.2, 0) is 64.5 Å². The molecule has 296 valence electrons. The summed E-state index contributed by atoms with van der Waals surface area (Å²) >= 11 is 0. The van der Waals surface area contributed by atoms with Crippen molar-refractivity contribution in [2.45, 2.75) is 52.6 Å². The van der Waals surface area contributed by atoms with Gasteiger partial charge < -0.3 is 69.6 Å².